The lowest BCUT2D eigenvalue weighted by Crippen LogP contribution is -2.41. The van der Waals surface area contributed by atoms with Crippen LogP contribution in [0.5, 0.6) is 0 Å². The Kier molecular flexibility index (Phi) is 3.19. The molecule has 1 atom stereocenters. The number of rotatable bonds is 2. The van der Waals surface area contributed by atoms with Crippen molar-refractivity contribution >= 4 is 5.96 Å². The molecule has 18 heavy (non-hydrogen) atoms. The van der Waals surface area contributed by atoms with Crippen LogP contribution in [0.15, 0.2) is 17.1 Å². The molecule has 0 radical (unpaired) electrons. The van der Waals surface area contributed by atoms with Gasteiger partial charge in [-0.25, -0.2) is 13.2 Å². The predicted molar refractivity (Wildman–Crippen MR) is 62.5 cm³/mol. The van der Waals surface area contributed by atoms with Crippen molar-refractivity contribution in [2.45, 2.75) is 25.9 Å². The van der Waals surface area contributed by atoms with E-state index in [4.69, 9.17) is 5.73 Å². The van der Waals surface area contributed by atoms with Crippen molar-refractivity contribution in [2.24, 2.45) is 10.7 Å². The Balaban J connectivity index is 2.38. The molecule has 0 spiro atoms. The van der Waals surface area contributed by atoms with Gasteiger partial charge in [-0.15, -0.1) is 0 Å². The standard InChI is InChI=1S/C12H14F3N3/c1-6(2)18-10(5-17-12(18)16)7-3-8(13)11(15)9(14)4-7/h3-4,6,10H,5H2,1-2H3,(H2,16,17). The van der Waals surface area contributed by atoms with Gasteiger partial charge in [0, 0.05) is 6.04 Å². The van der Waals surface area contributed by atoms with E-state index >= 15 is 0 Å². The van der Waals surface area contributed by atoms with Crippen LogP contribution >= 0.6 is 0 Å². The van der Waals surface area contributed by atoms with Crippen molar-refractivity contribution < 1.29 is 13.2 Å². The average molecular weight is 257 g/mol. The van der Waals surface area contributed by atoms with E-state index in [1.54, 1.807) is 4.90 Å². The van der Waals surface area contributed by atoms with Gasteiger partial charge in [0.2, 0.25) is 0 Å². The van der Waals surface area contributed by atoms with Crippen molar-refractivity contribution in [1.82, 2.24) is 4.90 Å². The number of hydrogen-bond acceptors (Lipinski definition) is 3. The van der Waals surface area contributed by atoms with E-state index in [0.29, 0.717) is 18.1 Å². The van der Waals surface area contributed by atoms with Crippen LogP contribution in [-0.2, 0) is 0 Å². The average Bonchev–Trinajstić information content (AvgIpc) is 2.67. The molecule has 0 saturated carbocycles. The van der Waals surface area contributed by atoms with Gasteiger partial charge in [0.1, 0.15) is 0 Å². The van der Waals surface area contributed by atoms with Gasteiger partial charge in [0.15, 0.2) is 23.4 Å². The third-order valence-corrected chi connectivity index (χ3v) is 2.97. The number of guanidine groups is 1. The maximum atomic E-state index is 13.2. The minimum Gasteiger partial charge on any atom is -0.370 e. The lowest BCUT2D eigenvalue weighted by atomic mass is 10.0. The molecule has 0 aliphatic carbocycles. The highest BCUT2D eigenvalue weighted by Crippen LogP contribution is 2.29. The Morgan fingerprint density at radius 2 is 1.83 bits per heavy atom. The van der Waals surface area contributed by atoms with Crippen LogP contribution in [0.25, 0.3) is 0 Å². The molecule has 0 fully saturated rings. The van der Waals surface area contributed by atoms with Gasteiger partial charge in [-0.3, -0.25) is 4.99 Å². The smallest absolute Gasteiger partial charge is 0.194 e. The van der Waals surface area contributed by atoms with Crippen LogP contribution in [0.3, 0.4) is 0 Å². The molecule has 1 aromatic carbocycles. The zero-order valence-corrected chi connectivity index (χ0v) is 10.1. The fraction of sp³-hybridized carbons (Fsp3) is 0.417. The van der Waals surface area contributed by atoms with Crippen LogP contribution < -0.4 is 5.73 Å². The molecule has 0 aromatic heterocycles. The van der Waals surface area contributed by atoms with Crippen molar-refractivity contribution in [3.8, 4) is 0 Å². The van der Waals surface area contributed by atoms with Crippen LogP contribution in [0.2, 0.25) is 0 Å². The monoisotopic (exact) mass is 257 g/mol. The van der Waals surface area contributed by atoms with E-state index in [1.165, 1.54) is 0 Å². The summed E-state index contributed by atoms with van der Waals surface area (Å²) >= 11 is 0. The van der Waals surface area contributed by atoms with Gasteiger partial charge in [0.05, 0.1) is 12.6 Å². The van der Waals surface area contributed by atoms with Crippen LogP contribution in [0.1, 0.15) is 25.5 Å². The fourth-order valence-electron chi connectivity index (χ4n) is 2.17. The second-order valence-electron chi connectivity index (χ2n) is 4.51. The first-order chi connectivity index (χ1) is 8.41. The largest absolute Gasteiger partial charge is 0.370 e. The molecule has 0 bridgehead atoms. The molecule has 98 valence electrons. The van der Waals surface area contributed by atoms with Crippen LogP contribution in [-0.4, -0.2) is 23.4 Å². The molecule has 1 aliphatic rings. The number of benzene rings is 1. The molecule has 1 heterocycles. The van der Waals surface area contributed by atoms with Crippen molar-refractivity contribution in [1.29, 1.82) is 0 Å². The molecule has 1 unspecified atom stereocenters. The summed E-state index contributed by atoms with van der Waals surface area (Å²) < 4.78 is 39.3. The summed E-state index contributed by atoms with van der Waals surface area (Å²) in [5.41, 5.74) is 6.07. The molecule has 3 nitrogen and oxygen atoms in total. The Morgan fingerprint density at radius 1 is 1.28 bits per heavy atom. The summed E-state index contributed by atoms with van der Waals surface area (Å²) in [5, 5.41) is 0. The summed E-state index contributed by atoms with van der Waals surface area (Å²) in [6, 6.07) is 1.67. The van der Waals surface area contributed by atoms with Gasteiger partial charge in [-0.05, 0) is 31.5 Å². The van der Waals surface area contributed by atoms with Gasteiger partial charge >= 0.3 is 0 Å². The van der Waals surface area contributed by atoms with Gasteiger partial charge < -0.3 is 10.6 Å². The number of halogens is 3. The zero-order valence-electron chi connectivity index (χ0n) is 10.1. The molecular weight excluding hydrogens is 243 g/mol. The normalized spacial score (nSPS) is 19.6. The van der Waals surface area contributed by atoms with E-state index < -0.39 is 17.5 Å². The quantitative estimate of drug-likeness (QED) is 0.825. The number of nitrogens with zero attached hydrogens (tertiary/aromatic N) is 2. The lowest BCUT2D eigenvalue weighted by molar-refractivity contribution is 0.288. The zero-order chi connectivity index (χ0) is 13.4. The van der Waals surface area contributed by atoms with E-state index in [1.807, 2.05) is 13.8 Å². The highest BCUT2D eigenvalue weighted by molar-refractivity contribution is 5.80. The first kappa shape index (κ1) is 12.7. The lowest BCUT2D eigenvalue weighted by Gasteiger charge is -2.30. The fourth-order valence-corrected chi connectivity index (χ4v) is 2.17. The molecule has 1 aromatic rings. The van der Waals surface area contributed by atoms with E-state index in [9.17, 15) is 13.2 Å². The third-order valence-electron chi connectivity index (χ3n) is 2.97. The highest BCUT2D eigenvalue weighted by atomic mass is 19.2. The number of hydrogen-bond donors (Lipinski definition) is 1. The maximum Gasteiger partial charge on any atom is 0.194 e. The van der Waals surface area contributed by atoms with E-state index in [-0.39, 0.29) is 12.1 Å². The molecule has 2 rings (SSSR count). The third kappa shape index (κ3) is 2.02. The van der Waals surface area contributed by atoms with E-state index in [2.05, 4.69) is 4.99 Å². The summed E-state index contributed by atoms with van der Waals surface area (Å²) in [6.45, 7) is 4.11. The minimum atomic E-state index is -1.46. The number of aliphatic imine (C=N–C) groups is 1. The molecule has 0 saturated heterocycles. The Morgan fingerprint density at radius 3 is 2.33 bits per heavy atom. The Labute approximate surface area is 103 Å². The summed E-state index contributed by atoms with van der Waals surface area (Å²) in [5.74, 6) is -3.51. The molecule has 1 aliphatic heterocycles. The van der Waals surface area contributed by atoms with Crippen molar-refractivity contribution in [3.63, 3.8) is 0 Å². The summed E-state index contributed by atoms with van der Waals surface area (Å²) in [7, 11) is 0. The van der Waals surface area contributed by atoms with Gasteiger partial charge in [0.25, 0.3) is 0 Å². The highest BCUT2D eigenvalue weighted by Gasteiger charge is 2.30. The predicted octanol–water partition coefficient (Wildman–Crippen LogP) is 2.18. The topological polar surface area (TPSA) is 41.6 Å². The SMILES string of the molecule is CC(C)N1C(N)=NCC1c1cc(F)c(F)c(F)c1. The Bertz CT molecular complexity index is 476. The van der Waals surface area contributed by atoms with Gasteiger partial charge in [-0.1, -0.05) is 0 Å². The van der Waals surface area contributed by atoms with Crippen molar-refractivity contribution in [2.75, 3.05) is 6.54 Å². The maximum absolute atomic E-state index is 13.2. The first-order valence-electron chi connectivity index (χ1n) is 5.64. The molecule has 6 heteroatoms. The summed E-state index contributed by atoms with van der Waals surface area (Å²) in [6.07, 6.45) is 0. The van der Waals surface area contributed by atoms with E-state index in [0.717, 1.165) is 12.1 Å². The molecular formula is C12H14F3N3. The van der Waals surface area contributed by atoms with Crippen molar-refractivity contribution in [3.05, 3.63) is 35.1 Å². The second-order valence-corrected chi connectivity index (χ2v) is 4.51. The summed E-state index contributed by atoms with van der Waals surface area (Å²) in [4.78, 5) is 5.82. The van der Waals surface area contributed by atoms with Crippen LogP contribution in [0.4, 0.5) is 13.2 Å². The number of nitrogens with two attached hydrogens (primary N) is 1. The first-order valence-corrected chi connectivity index (χ1v) is 5.64. The minimum absolute atomic E-state index is 0.0393. The van der Waals surface area contributed by atoms with Gasteiger partial charge in [-0.2, -0.15) is 0 Å². The van der Waals surface area contributed by atoms with Crippen LogP contribution in [0, 0.1) is 17.5 Å². The Hall–Kier alpha value is -1.72. The molecule has 2 N–H and O–H groups in total. The second kappa shape index (κ2) is 4.51. The molecule has 0 amide bonds.